The fourth-order valence-corrected chi connectivity index (χ4v) is 12.1. The highest BCUT2D eigenvalue weighted by Gasteiger charge is 2.22. The number of methoxy groups -OCH3 is 1. The van der Waals surface area contributed by atoms with Crippen LogP contribution in [0.3, 0.4) is 0 Å². The summed E-state index contributed by atoms with van der Waals surface area (Å²) in [6.07, 6.45) is 2.15. The van der Waals surface area contributed by atoms with Gasteiger partial charge in [0.15, 0.2) is 11.9 Å². The molecular formula is C76H113Cl2N19O14. The minimum absolute atomic E-state index is 0.0782. The number of halogens is 2. The number of piperazine rings is 2. The van der Waals surface area contributed by atoms with Crippen molar-refractivity contribution in [3.63, 3.8) is 0 Å². The molecule has 35 heteroatoms. The van der Waals surface area contributed by atoms with E-state index in [1.807, 2.05) is 55.5 Å². The summed E-state index contributed by atoms with van der Waals surface area (Å²) in [5.74, 6) is 0.365. The van der Waals surface area contributed by atoms with E-state index in [0.717, 1.165) is 104 Å². The molecule has 4 amide bonds. The summed E-state index contributed by atoms with van der Waals surface area (Å²) in [7, 11) is 3.38. The average Bonchev–Trinajstić information content (AvgIpc) is 0.786. The molecule has 4 heterocycles. The van der Waals surface area contributed by atoms with Gasteiger partial charge in [-0.2, -0.15) is 9.98 Å². The molecule has 0 atom stereocenters. The van der Waals surface area contributed by atoms with Crippen LogP contribution < -0.4 is 54.0 Å². The van der Waals surface area contributed by atoms with Crippen molar-refractivity contribution in [3.05, 3.63) is 95.0 Å². The Morgan fingerprint density at radius 3 is 1.19 bits per heavy atom. The van der Waals surface area contributed by atoms with Crippen molar-refractivity contribution in [2.45, 2.75) is 32.6 Å². The Kier molecular flexibility index (Phi) is 42.7. The number of guanidine groups is 2. The number of hydrogen-bond acceptors (Lipinski definition) is 25. The third kappa shape index (κ3) is 35.9. The highest BCUT2D eigenvalue weighted by atomic mass is 35.5. The second-order valence-corrected chi connectivity index (χ2v) is 26.7. The standard InChI is InChI=1S/C44H67ClN10O9.C32H46ClN9O5/c1-53(32-37(56)8-4-19-59-2)33-38(57)9-5-20-60-24-25-61-21-12-48-44(58)49-13-22-62-26-28-64-29-27-63-23-18-54-14-16-55(17-15-54)36-7-3-6-34(30-36)41-39-31-35(45)10-11-40(39)50-43(51-41)52-42(46)47;1-2-44-15-8-36-32(43)37-9-16-45-18-20-47-21-19-46-17-14-41-10-12-42(13-11-41)26-5-3-4-24(22-26)29-27-23-25(33)6-7-28(27)38-31(39-29)40-30(34)35/h3,6-7,10-11,30-31H,4-5,8-9,12-29,32-33H2,1-2H3,(H2,48,49,58)(H4,46,47,50,51,52);3-7,22-23H,2,8-21H2,1H3,(H2,36,37,43)(H4,34,35,38,39,40). The molecular weight excluding hydrogens is 1470 g/mol. The monoisotopic (exact) mass is 1590 g/mol. The molecule has 2 aromatic heterocycles. The molecule has 0 aliphatic carbocycles. The lowest BCUT2D eigenvalue weighted by molar-refractivity contribution is -0.122. The van der Waals surface area contributed by atoms with E-state index in [2.05, 4.69) is 95.1 Å². The van der Waals surface area contributed by atoms with Crippen LogP contribution in [0.25, 0.3) is 44.3 Å². The fourth-order valence-electron chi connectivity index (χ4n) is 11.7. The Labute approximate surface area is 660 Å². The van der Waals surface area contributed by atoms with Crippen LogP contribution >= 0.6 is 23.2 Å². The van der Waals surface area contributed by atoms with Gasteiger partial charge in [-0.3, -0.25) is 24.3 Å². The maximum atomic E-state index is 12.1. The highest BCUT2D eigenvalue weighted by Crippen LogP contribution is 2.34. The fraction of sp³-hybridized carbons (Fsp3) is 0.553. The number of aliphatic imine (C=N–C) groups is 2. The first-order valence-electron chi connectivity index (χ1n) is 37.8. The molecule has 111 heavy (non-hydrogen) atoms. The number of likely N-dealkylation sites (N-methyl/N-ethyl adjacent to an activating group) is 1. The van der Waals surface area contributed by atoms with Crippen LogP contribution in [0.2, 0.25) is 10.0 Å². The van der Waals surface area contributed by atoms with Crippen LogP contribution in [0, 0.1) is 0 Å². The van der Waals surface area contributed by atoms with Crippen molar-refractivity contribution < 1.29 is 66.5 Å². The topological polar surface area (TPSA) is 405 Å². The van der Waals surface area contributed by atoms with Gasteiger partial charge in [-0.05, 0) is 87.5 Å². The maximum absolute atomic E-state index is 12.1. The minimum atomic E-state index is -0.296. The van der Waals surface area contributed by atoms with Crippen molar-refractivity contribution in [3.8, 4) is 22.5 Å². The van der Waals surface area contributed by atoms with Crippen molar-refractivity contribution >= 4 is 104 Å². The number of ketones is 2. The zero-order chi connectivity index (χ0) is 79.1. The van der Waals surface area contributed by atoms with E-state index in [4.69, 9.17) is 93.5 Å². The molecule has 610 valence electrons. The van der Waals surface area contributed by atoms with Crippen molar-refractivity contribution in [2.75, 3.05) is 254 Å². The molecule has 0 unspecified atom stereocenters. The van der Waals surface area contributed by atoms with Gasteiger partial charge in [0, 0.05) is 175 Å². The molecule has 0 bridgehead atoms. The molecule has 2 saturated heterocycles. The van der Waals surface area contributed by atoms with E-state index in [1.165, 1.54) is 0 Å². The summed E-state index contributed by atoms with van der Waals surface area (Å²) < 4.78 is 54.9. The molecule has 2 aliphatic heterocycles. The van der Waals surface area contributed by atoms with E-state index in [9.17, 15) is 19.2 Å². The second kappa shape index (κ2) is 52.8. The van der Waals surface area contributed by atoms with Crippen LogP contribution in [0.15, 0.2) is 94.9 Å². The first-order chi connectivity index (χ1) is 54.0. The molecule has 33 nitrogen and oxygen atoms in total. The molecule has 12 N–H and O–H groups in total. The van der Waals surface area contributed by atoms with Crippen LogP contribution in [0.4, 0.5) is 32.9 Å². The number of carbonyl (C=O) groups excluding carboxylic acids is 4. The summed E-state index contributed by atoms with van der Waals surface area (Å²) >= 11 is 12.7. The molecule has 0 radical (unpaired) electrons. The highest BCUT2D eigenvalue weighted by molar-refractivity contribution is 6.32. The van der Waals surface area contributed by atoms with Crippen molar-refractivity contribution in [1.82, 2.24) is 55.9 Å². The Balaban J connectivity index is 0.000000323. The lowest BCUT2D eigenvalue weighted by Crippen LogP contribution is -2.47. The van der Waals surface area contributed by atoms with E-state index in [-0.39, 0.29) is 60.5 Å². The Morgan fingerprint density at radius 2 is 0.811 bits per heavy atom. The van der Waals surface area contributed by atoms with Gasteiger partial charge in [-0.15, -0.1) is 0 Å². The Hall–Kier alpha value is -8.36. The summed E-state index contributed by atoms with van der Waals surface area (Å²) in [5, 5.41) is 13.7. The van der Waals surface area contributed by atoms with Crippen molar-refractivity contribution in [1.29, 1.82) is 0 Å². The van der Waals surface area contributed by atoms with Gasteiger partial charge in [0.1, 0.15) is 11.6 Å². The maximum Gasteiger partial charge on any atom is 0.314 e. The number of nitrogens with one attached hydrogen (secondary N) is 4. The van der Waals surface area contributed by atoms with Gasteiger partial charge in [-0.25, -0.2) is 29.5 Å². The molecule has 6 aromatic rings. The van der Waals surface area contributed by atoms with E-state index < -0.39 is 0 Å². The SMILES string of the molecule is CCOCCNC(=O)NCCOCCOCCOCCN1CCN(c2cccc(-c3nc(N=C(N)N)nc4ccc(Cl)cc34)c2)CC1.COCCCC(=O)CN(C)CC(=O)CCCOCCOCCNC(=O)NCCOCCOCCOCCN1CCN(c2cccc(-c3nc(N=C(N)N)nc4ccc(Cl)cc34)c2)CC1. The number of hydrogen-bond donors (Lipinski definition) is 8. The molecule has 2 aliphatic rings. The van der Waals surface area contributed by atoms with Crippen LogP contribution in [-0.4, -0.2) is 315 Å². The number of ether oxygens (including phenoxy) is 10. The van der Waals surface area contributed by atoms with Gasteiger partial charge in [0.05, 0.1) is 141 Å². The van der Waals surface area contributed by atoms with Crippen LogP contribution in [-0.2, 0) is 57.0 Å². The number of carbonyl (C=O) groups is 4. The zero-order valence-corrected chi connectivity index (χ0v) is 65.9. The number of fused-ring (bicyclic) bond motifs is 2. The van der Waals surface area contributed by atoms with Gasteiger partial charge in [0.25, 0.3) is 11.9 Å². The number of urea groups is 2. The Bertz CT molecular complexity index is 3800. The molecule has 8 rings (SSSR count). The average molecular weight is 1590 g/mol. The Morgan fingerprint density at radius 1 is 0.450 bits per heavy atom. The van der Waals surface area contributed by atoms with E-state index in [0.29, 0.717) is 204 Å². The largest absolute Gasteiger partial charge is 0.385 e. The third-order valence-corrected chi connectivity index (χ3v) is 17.7. The smallest absolute Gasteiger partial charge is 0.314 e. The number of aromatic nitrogens is 4. The number of amides is 4. The number of benzene rings is 4. The third-order valence-electron chi connectivity index (χ3n) is 17.2. The normalized spacial score (nSPS) is 13.3. The molecule has 2 fully saturated rings. The first kappa shape index (κ1) is 89.8. The van der Waals surface area contributed by atoms with Crippen molar-refractivity contribution in [2.24, 2.45) is 32.9 Å². The number of Topliss-reactive ketones (excluding diaryl/α,β-unsaturated/α-hetero) is 2. The second-order valence-electron chi connectivity index (χ2n) is 25.8. The number of nitrogens with two attached hydrogens (primary N) is 4. The van der Waals surface area contributed by atoms with Gasteiger partial charge < -0.3 is 101 Å². The number of rotatable bonds is 52. The van der Waals surface area contributed by atoms with Gasteiger partial charge in [0.2, 0.25) is 0 Å². The summed E-state index contributed by atoms with van der Waals surface area (Å²) in [6.45, 7) is 22.2. The minimum Gasteiger partial charge on any atom is -0.385 e. The quantitative estimate of drug-likeness (QED) is 0.0141. The van der Waals surface area contributed by atoms with E-state index in [1.54, 1.807) is 31.2 Å². The lowest BCUT2D eigenvalue weighted by atomic mass is 10.1. The number of anilines is 2. The molecule has 0 saturated carbocycles. The lowest BCUT2D eigenvalue weighted by Gasteiger charge is -2.36. The first-order valence-corrected chi connectivity index (χ1v) is 38.5. The van der Waals surface area contributed by atoms with Gasteiger partial charge in [-0.1, -0.05) is 47.5 Å². The number of nitrogens with zero attached hydrogens (tertiary/aromatic N) is 11. The summed E-state index contributed by atoms with van der Waals surface area (Å²) in [5.41, 5.74) is 29.3. The molecule has 0 spiro atoms. The van der Waals surface area contributed by atoms with Crippen LogP contribution in [0.1, 0.15) is 32.6 Å². The zero-order valence-electron chi connectivity index (χ0n) is 64.4. The van der Waals surface area contributed by atoms with E-state index >= 15 is 0 Å². The van der Waals surface area contributed by atoms with Crippen LogP contribution in [0.5, 0.6) is 0 Å². The predicted molar refractivity (Wildman–Crippen MR) is 432 cm³/mol. The summed E-state index contributed by atoms with van der Waals surface area (Å²) in [4.78, 5) is 85.3. The van der Waals surface area contributed by atoms with Gasteiger partial charge >= 0.3 is 12.1 Å². The molecule has 4 aromatic carbocycles. The summed E-state index contributed by atoms with van der Waals surface area (Å²) in [6, 6.07) is 27.0. The predicted octanol–water partition coefficient (Wildman–Crippen LogP) is 5.00.